The van der Waals surface area contributed by atoms with Crippen LogP contribution < -0.4 is 5.32 Å². The standard InChI is InChI=1S/C15H30N2O/c1-11(2)17-8-13-5-4-6-14(9-17)15(13)16-7-12(3)10-18/h11-16,18H,4-10H2,1-3H3. The van der Waals surface area contributed by atoms with E-state index < -0.39 is 0 Å². The van der Waals surface area contributed by atoms with Crippen molar-refractivity contribution in [1.29, 1.82) is 0 Å². The maximum atomic E-state index is 9.13. The number of hydrogen-bond acceptors (Lipinski definition) is 3. The van der Waals surface area contributed by atoms with Crippen LogP contribution in [0.2, 0.25) is 0 Å². The summed E-state index contributed by atoms with van der Waals surface area (Å²) in [5, 5.41) is 12.9. The Morgan fingerprint density at radius 2 is 1.78 bits per heavy atom. The summed E-state index contributed by atoms with van der Waals surface area (Å²) in [7, 11) is 0. The van der Waals surface area contributed by atoms with Gasteiger partial charge in [0, 0.05) is 38.3 Å². The average Bonchev–Trinajstić information content (AvgIpc) is 2.34. The van der Waals surface area contributed by atoms with E-state index in [0.717, 1.165) is 18.4 Å². The summed E-state index contributed by atoms with van der Waals surface area (Å²) in [5.74, 6) is 2.03. The summed E-state index contributed by atoms with van der Waals surface area (Å²) in [6.07, 6.45) is 4.17. The number of piperidine rings is 1. The largest absolute Gasteiger partial charge is 0.396 e. The first-order chi connectivity index (χ1) is 8.61. The molecule has 0 amide bonds. The molecular formula is C15H30N2O. The van der Waals surface area contributed by atoms with E-state index in [9.17, 15) is 0 Å². The third-order valence-electron chi connectivity index (χ3n) is 4.85. The van der Waals surface area contributed by atoms with Gasteiger partial charge in [-0.15, -0.1) is 0 Å². The van der Waals surface area contributed by atoms with Crippen molar-refractivity contribution in [3.63, 3.8) is 0 Å². The monoisotopic (exact) mass is 254 g/mol. The molecule has 0 aromatic rings. The average molecular weight is 254 g/mol. The van der Waals surface area contributed by atoms with Crippen molar-refractivity contribution in [3.05, 3.63) is 0 Å². The number of nitrogens with zero attached hydrogens (tertiary/aromatic N) is 1. The molecule has 2 rings (SSSR count). The molecule has 18 heavy (non-hydrogen) atoms. The Morgan fingerprint density at radius 3 is 2.28 bits per heavy atom. The molecular weight excluding hydrogens is 224 g/mol. The minimum Gasteiger partial charge on any atom is -0.396 e. The van der Waals surface area contributed by atoms with Crippen LogP contribution in [0.3, 0.4) is 0 Å². The molecule has 3 atom stereocenters. The van der Waals surface area contributed by atoms with Crippen LogP contribution in [-0.2, 0) is 0 Å². The molecule has 1 aliphatic carbocycles. The topological polar surface area (TPSA) is 35.5 Å². The predicted molar refractivity (Wildman–Crippen MR) is 75.6 cm³/mol. The Hall–Kier alpha value is -0.120. The number of aliphatic hydroxyl groups is 1. The highest BCUT2D eigenvalue weighted by Crippen LogP contribution is 2.35. The summed E-state index contributed by atoms with van der Waals surface area (Å²) in [6, 6.07) is 1.38. The van der Waals surface area contributed by atoms with Crippen LogP contribution in [0, 0.1) is 17.8 Å². The molecule has 0 spiro atoms. The number of rotatable bonds is 5. The summed E-state index contributed by atoms with van der Waals surface area (Å²) >= 11 is 0. The van der Waals surface area contributed by atoms with Crippen molar-refractivity contribution >= 4 is 0 Å². The zero-order valence-corrected chi connectivity index (χ0v) is 12.2. The first kappa shape index (κ1) is 14.3. The van der Waals surface area contributed by atoms with Crippen molar-refractivity contribution in [2.45, 2.75) is 52.1 Å². The lowest BCUT2D eigenvalue weighted by Gasteiger charge is -2.49. The quantitative estimate of drug-likeness (QED) is 0.784. The maximum absolute atomic E-state index is 9.13. The molecule has 1 saturated carbocycles. The highest BCUT2D eigenvalue weighted by molar-refractivity contribution is 4.95. The van der Waals surface area contributed by atoms with Crippen LogP contribution in [0.15, 0.2) is 0 Å². The smallest absolute Gasteiger partial charge is 0.0468 e. The fourth-order valence-electron chi connectivity index (χ4n) is 3.63. The predicted octanol–water partition coefficient (Wildman–Crippen LogP) is 1.71. The fourth-order valence-corrected chi connectivity index (χ4v) is 3.63. The lowest BCUT2D eigenvalue weighted by Crippen LogP contribution is -2.58. The second-order valence-corrected chi connectivity index (χ2v) is 6.72. The molecule has 3 nitrogen and oxygen atoms in total. The first-order valence-corrected chi connectivity index (χ1v) is 7.70. The molecule has 0 aromatic heterocycles. The summed E-state index contributed by atoms with van der Waals surface area (Å²) in [4.78, 5) is 2.65. The molecule has 1 heterocycles. The Balaban J connectivity index is 1.91. The van der Waals surface area contributed by atoms with Crippen molar-refractivity contribution in [3.8, 4) is 0 Å². The number of likely N-dealkylation sites (tertiary alicyclic amines) is 1. The Kier molecular flexibility index (Phi) is 5.05. The van der Waals surface area contributed by atoms with Gasteiger partial charge in [0.2, 0.25) is 0 Å². The minimum absolute atomic E-state index is 0.299. The number of hydrogen-bond donors (Lipinski definition) is 2. The Bertz CT molecular complexity index is 243. The van der Waals surface area contributed by atoms with Gasteiger partial charge in [0.05, 0.1) is 0 Å². The zero-order chi connectivity index (χ0) is 13.1. The van der Waals surface area contributed by atoms with Gasteiger partial charge in [-0.2, -0.15) is 0 Å². The lowest BCUT2D eigenvalue weighted by atomic mass is 9.73. The van der Waals surface area contributed by atoms with Gasteiger partial charge >= 0.3 is 0 Å². The highest BCUT2D eigenvalue weighted by Gasteiger charge is 2.39. The second-order valence-electron chi connectivity index (χ2n) is 6.72. The van der Waals surface area contributed by atoms with Gasteiger partial charge in [-0.05, 0) is 44.4 Å². The maximum Gasteiger partial charge on any atom is 0.0468 e. The number of aliphatic hydroxyl groups excluding tert-OH is 1. The highest BCUT2D eigenvalue weighted by atomic mass is 16.3. The molecule has 2 fully saturated rings. The van der Waals surface area contributed by atoms with E-state index in [2.05, 4.69) is 31.0 Å². The van der Waals surface area contributed by atoms with Crippen molar-refractivity contribution in [2.75, 3.05) is 26.2 Å². The first-order valence-electron chi connectivity index (χ1n) is 7.70. The third kappa shape index (κ3) is 3.25. The normalized spacial score (nSPS) is 34.8. The van der Waals surface area contributed by atoms with Crippen LogP contribution in [0.1, 0.15) is 40.0 Å². The molecule has 2 N–H and O–H groups in total. The summed E-state index contributed by atoms with van der Waals surface area (Å²) < 4.78 is 0. The summed E-state index contributed by atoms with van der Waals surface area (Å²) in [6.45, 7) is 10.5. The number of fused-ring (bicyclic) bond motifs is 2. The van der Waals surface area contributed by atoms with Crippen LogP contribution in [0.25, 0.3) is 0 Å². The van der Waals surface area contributed by atoms with Gasteiger partial charge in [0.25, 0.3) is 0 Å². The van der Waals surface area contributed by atoms with Crippen LogP contribution in [0.4, 0.5) is 0 Å². The van der Waals surface area contributed by atoms with Crippen LogP contribution >= 0.6 is 0 Å². The molecule has 1 saturated heterocycles. The molecule has 3 heteroatoms. The van der Waals surface area contributed by atoms with Gasteiger partial charge in [-0.1, -0.05) is 13.3 Å². The second kappa shape index (κ2) is 6.36. The van der Waals surface area contributed by atoms with Crippen molar-refractivity contribution in [1.82, 2.24) is 10.2 Å². The van der Waals surface area contributed by atoms with Crippen LogP contribution in [0.5, 0.6) is 0 Å². The summed E-state index contributed by atoms with van der Waals surface area (Å²) in [5.41, 5.74) is 0. The van der Waals surface area contributed by atoms with Gasteiger partial charge < -0.3 is 15.3 Å². The van der Waals surface area contributed by atoms with Gasteiger partial charge in [0.15, 0.2) is 0 Å². The van der Waals surface area contributed by atoms with E-state index in [-0.39, 0.29) is 0 Å². The molecule has 106 valence electrons. The van der Waals surface area contributed by atoms with Crippen molar-refractivity contribution < 1.29 is 5.11 Å². The zero-order valence-electron chi connectivity index (χ0n) is 12.2. The van der Waals surface area contributed by atoms with E-state index in [1.54, 1.807) is 0 Å². The Morgan fingerprint density at radius 1 is 1.17 bits per heavy atom. The molecule has 1 aliphatic heterocycles. The minimum atomic E-state index is 0.299. The third-order valence-corrected chi connectivity index (χ3v) is 4.85. The Labute approximate surface area is 112 Å². The molecule has 0 radical (unpaired) electrons. The molecule has 0 aromatic carbocycles. The molecule has 2 bridgehead atoms. The van der Waals surface area contributed by atoms with E-state index in [0.29, 0.717) is 24.6 Å². The van der Waals surface area contributed by atoms with E-state index in [4.69, 9.17) is 5.11 Å². The molecule has 2 aliphatic rings. The number of nitrogens with one attached hydrogen (secondary N) is 1. The van der Waals surface area contributed by atoms with Gasteiger partial charge in [0.1, 0.15) is 0 Å². The van der Waals surface area contributed by atoms with E-state index >= 15 is 0 Å². The van der Waals surface area contributed by atoms with E-state index in [1.165, 1.54) is 32.4 Å². The lowest BCUT2D eigenvalue weighted by molar-refractivity contribution is 0.0274. The van der Waals surface area contributed by atoms with Crippen LogP contribution in [-0.4, -0.2) is 48.3 Å². The van der Waals surface area contributed by atoms with E-state index in [1.807, 2.05) is 0 Å². The fraction of sp³-hybridized carbons (Fsp3) is 1.00. The van der Waals surface area contributed by atoms with Crippen molar-refractivity contribution in [2.24, 2.45) is 17.8 Å². The van der Waals surface area contributed by atoms with Gasteiger partial charge in [-0.3, -0.25) is 0 Å². The SMILES string of the molecule is CC(CO)CNC1C2CCCC1CN(C(C)C)C2. The molecule has 3 unspecified atom stereocenters. The van der Waals surface area contributed by atoms with Gasteiger partial charge in [-0.25, -0.2) is 0 Å².